The zero-order valence-corrected chi connectivity index (χ0v) is 11.8. The first-order valence-electron chi connectivity index (χ1n) is 6.68. The molecule has 0 bridgehead atoms. The number of hydrogen-bond acceptors (Lipinski definition) is 3. The van der Waals surface area contributed by atoms with E-state index in [1.54, 1.807) is 0 Å². The third-order valence-corrected chi connectivity index (χ3v) is 3.81. The van der Waals surface area contributed by atoms with Gasteiger partial charge in [-0.05, 0) is 36.2 Å². The number of benzene rings is 2. The topological polar surface area (TPSA) is 32.7 Å². The third-order valence-electron chi connectivity index (χ3n) is 3.46. The van der Waals surface area contributed by atoms with E-state index in [9.17, 15) is 5.11 Å². The van der Waals surface area contributed by atoms with Crippen LogP contribution in [-0.4, -0.2) is 18.3 Å². The Morgan fingerprint density at radius 1 is 1.20 bits per heavy atom. The summed E-state index contributed by atoms with van der Waals surface area (Å²) in [5.74, 6) is 0.896. The van der Waals surface area contributed by atoms with Crippen molar-refractivity contribution in [1.82, 2.24) is 0 Å². The summed E-state index contributed by atoms with van der Waals surface area (Å²) < 4.78 is 5.76. The molecule has 104 valence electrons. The summed E-state index contributed by atoms with van der Waals surface area (Å²) in [6.07, 6.45) is 0.952. The largest absolute Gasteiger partial charge is 0.491 e. The van der Waals surface area contributed by atoms with Crippen LogP contribution in [0.5, 0.6) is 5.75 Å². The lowest BCUT2D eigenvalue weighted by molar-refractivity contribution is 0.282. The minimum Gasteiger partial charge on any atom is -0.491 e. The maximum atomic E-state index is 9.20. The summed E-state index contributed by atoms with van der Waals surface area (Å²) in [6.45, 7) is 1.56. The average Bonchev–Trinajstić information content (AvgIpc) is 2.69. The highest BCUT2D eigenvalue weighted by Crippen LogP contribution is 2.37. The molecule has 4 heteroatoms. The molecule has 0 atom stereocenters. The van der Waals surface area contributed by atoms with E-state index in [2.05, 4.69) is 11.0 Å². The molecule has 1 aliphatic rings. The molecule has 0 unspecified atom stereocenters. The molecule has 20 heavy (non-hydrogen) atoms. The van der Waals surface area contributed by atoms with Gasteiger partial charge in [0.15, 0.2) is 0 Å². The number of hydrogen-bond donors (Lipinski definition) is 1. The number of para-hydroxylation sites is 2. The Bertz CT molecular complexity index is 615. The number of aliphatic hydroxyl groups is 1. The van der Waals surface area contributed by atoms with Crippen molar-refractivity contribution < 1.29 is 9.84 Å². The van der Waals surface area contributed by atoms with E-state index < -0.39 is 0 Å². The fourth-order valence-electron chi connectivity index (χ4n) is 2.43. The number of halogens is 1. The number of aliphatic hydroxyl groups excluding tert-OH is 1. The number of rotatable bonds is 2. The van der Waals surface area contributed by atoms with Gasteiger partial charge in [0.05, 0.1) is 18.9 Å². The first-order chi connectivity index (χ1) is 9.79. The van der Waals surface area contributed by atoms with Crippen LogP contribution in [0.15, 0.2) is 42.5 Å². The van der Waals surface area contributed by atoms with Gasteiger partial charge in [-0.3, -0.25) is 0 Å². The molecule has 0 aromatic heterocycles. The zero-order valence-electron chi connectivity index (χ0n) is 11.1. The molecule has 1 aliphatic heterocycles. The summed E-state index contributed by atoms with van der Waals surface area (Å²) in [5.41, 5.74) is 2.82. The van der Waals surface area contributed by atoms with Crippen LogP contribution in [0.25, 0.3) is 0 Å². The number of anilines is 2. The van der Waals surface area contributed by atoms with Crippen molar-refractivity contribution in [2.24, 2.45) is 0 Å². The lowest BCUT2D eigenvalue weighted by atomic mass is 10.1. The van der Waals surface area contributed by atoms with Crippen molar-refractivity contribution in [1.29, 1.82) is 0 Å². The molecule has 3 rings (SSSR count). The minimum absolute atomic E-state index is 0.0428. The fourth-order valence-corrected chi connectivity index (χ4v) is 2.66. The highest BCUT2D eigenvalue weighted by atomic mass is 35.5. The minimum atomic E-state index is -0.0428. The molecule has 1 heterocycles. The van der Waals surface area contributed by atoms with Gasteiger partial charge in [0.1, 0.15) is 5.75 Å². The van der Waals surface area contributed by atoms with Gasteiger partial charge in [-0.15, -0.1) is 0 Å². The summed E-state index contributed by atoms with van der Waals surface area (Å²) >= 11 is 6.20. The Morgan fingerprint density at radius 3 is 2.85 bits per heavy atom. The van der Waals surface area contributed by atoms with Crippen molar-refractivity contribution >= 4 is 23.0 Å². The molecule has 0 aliphatic carbocycles. The van der Waals surface area contributed by atoms with Gasteiger partial charge in [-0.1, -0.05) is 29.8 Å². The van der Waals surface area contributed by atoms with Crippen LogP contribution in [-0.2, 0) is 6.61 Å². The second kappa shape index (κ2) is 5.73. The highest BCUT2D eigenvalue weighted by Gasteiger charge is 2.18. The normalized spacial score (nSPS) is 14.4. The van der Waals surface area contributed by atoms with E-state index in [4.69, 9.17) is 16.3 Å². The Hall–Kier alpha value is -1.71. The van der Waals surface area contributed by atoms with Crippen molar-refractivity contribution in [3.8, 4) is 5.75 Å². The van der Waals surface area contributed by atoms with Crippen LogP contribution >= 0.6 is 11.6 Å². The van der Waals surface area contributed by atoms with Crippen LogP contribution in [0, 0.1) is 0 Å². The number of nitrogens with zero attached hydrogens (tertiary/aromatic N) is 1. The van der Waals surface area contributed by atoms with Crippen molar-refractivity contribution in [3.05, 3.63) is 53.1 Å². The van der Waals surface area contributed by atoms with Gasteiger partial charge in [0, 0.05) is 17.3 Å². The van der Waals surface area contributed by atoms with Gasteiger partial charge < -0.3 is 14.7 Å². The Balaban J connectivity index is 2.03. The third kappa shape index (κ3) is 2.47. The standard InChI is InChI=1S/C16H16ClNO2/c17-14-10-13(7-6-12(14)11-19)18-8-3-9-20-16-5-2-1-4-15(16)18/h1-2,4-7,10,19H,3,8-9,11H2. The van der Waals surface area contributed by atoms with Gasteiger partial charge in [-0.25, -0.2) is 0 Å². The fraction of sp³-hybridized carbons (Fsp3) is 0.250. The SMILES string of the molecule is OCc1ccc(N2CCCOc3ccccc32)cc1Cl. The van der Waals surface area contributed by atoms with Gasteiger partial charge in [-0.2, -0.15) is 0 Å². The van der Waals surface area contributed by atoms with Crippen LogP contribution in [0.4, 0.5) is 11.4 Å². The summed E-state index contributed by atoms with van der Waals surface area (Å²) in [4.78, 5) is 2.20. The molecule has 0 saturated heterocycles. The van der Waals surface area contributed by atoms with Crippen LogP contribution < -0.4 is 9.64 Å². The predicted molar refractivity (Wildman–Crippen MR) is 80.9 cm³/mol. The lowest BCUT2D eigenvalue weighted by Gasteiger charge is -2.24. The molecule has 0 spiro atoms. The van der Waals surface area contributed by atoms with Gasteiger partial charge in [0.2, 0.25) is 0 Å². The summed E-state index contributed by atoms with van der Waals surface area (Å²) in [7, 11) is 0. The van der Waals surface area contributed by atoms with Crippen molar-refractivity contribution in [2.45, 2.75) is 13.0 Å². The molecule has 2 aromatic carbocycles. The summed E-state index contributed by atoms with van der Waals surface area (Å²) in [6, 6.07) is 13.8. The molecular weight excluding hydrogens is 274 g/mol. The van der Waals surface area contributed by atoms with Crippen LogP contribution in [0.3, 0.4) is 0 Å². The smallest absolute Gasteiger partial charge is 0.142 e. The maximum absolute atomic E-state index is 9.20. The Kier molecular flexibility index (Phi) is 3.81. The van der Waals surface area contributed by atoms with Crippen molar-refractivity contribution in [3.63, 3.8) is 0 Å². The van der Waals surface area contributed by atoms with Gasteiger partial charge >= 0.3 is 0 Å². The Morgan fingerprint density at radius 2 is 2.05 bits per heavy atom. The van der Waals surface area contributed by atoms with Gasteiger partial charge in [0.25, 0.3) is 0 Å². The lowest BCUT2D eigenvalue weighted by Crippen LogP contribution is -2.17. The predicted octanol–water partition coefficient (Wildman–Crippen LogP) is 3.75. The Labute approximate surface area is 123 Å². The molecule has 0 radical (unpaired) electrons. The molecule has 0 fully saturated rings. The van der Waals surface area contributed by atoms with E-state index in [0.717, 1.165) is 42.3 Å². The van der Waals surface area contributed by atoms with E-state index in [-0.39, 0.29) is 6.61 Å². The second-order valence-electron chi connectivity index (χ2n) is 4.76. The second-order valence-corrected chi connectivity index (χ2v) is 5.16. The summed E-state index contributed by atoms with van der Waals surface area (Å²) in [5, 5.41) is 9.79. The quantitative estimate of drug-likeness (QED) is 0.914. The first-order valence-corrected chi connectivity index (χ1v) is 7.06. The monoisotopic (exact) mass is 289 g/mol. The molecule has 0 amide bonds. The van der Waals surface area contributed by atoms with E-state index >= 15 is 0 Å². The zero-order chi connectivity index (χ0) is 13.9. The molecular formula is C16H16ClNO2. The van der Waals surface area contributed by atoms with Crippen LogP contribution in [0.2, 0.25) is 5.02 Å². The van der Waals surface area contributed by atoms with Crippen LogP contribution in [0.1, 0.15) is 12.0 Å². The number of fused-ring (bicyclic) bond motifs is 1. The molecule has 1 N–H and O–H groups in total. The van der Waals surface area contributed by atoms with E-state index in [1.807, 2.05) is 36.4 Å². The first kappa shape index (κ1) is 13.3. The highest BCUT2D eigenvalue weighted by molar-refractivity contribution is 6.31. The molecule has 0 saturated carbocycles. The molecule has 2 aromatic rings. The maximum Gasteiger partial charge on any atom is 0.142 e. The average molecular weight is 290 g/mol. The van der Waals surface area contributed by atoms with Crippen molar-refractivity contribution in [2.75, 3.05) is 18.1 Å². The molecule has 3 nitrogen and oxygen atoms in total. The van der Waals surface area contributed by atoms with E-state index in [0.29, 0.717) is 5.02 Å². The van der Waals surface area contributed by atoms with E-state index in [1.165, 1.54) is 0 Å². The number of ether oxygens (including phenoxy) is 1.